The van der Waals surface area contributed by atoms with E-state index in [4.69, 9.17) is 9.97 Å². The quantitative estimate of drug-likeness (QED) is 0.191. The maximum atomic E-state index is 5.40. The van der Waals surface area contributed by atoms with Gasteiger partial charge in [0.15, 0.2) is 24.8 Å². The summed E-state index contributed by atoms with van der Waals surface area (Å²) in [6.07, 6.45) is 17.1. The molecule has 6 heteroatoms. The fourth-order valence-corrected chi connectivity index (χ4v) is 8.13. The largest absolute Gasteiger partial charge is 0.354 e. The summed E-state index contributed by atoms with van der Waals surface area (Å²) in [6.45, 7) is 0. The van der Waals surface area contributed by atoms with Crippen molar-refractivity contribution in [3.05, 3.63) is 157 Å². The van der Waals surface area contributed by atoms with Crippen LogP contribution >= 0.6 is 11.3 Å². The van der Waals surface area contributed by atoms with Crippen molar-refractivity contribution in [2.24, 2.45) is 14.1 Å². The van der Waals surface area contributed by atoms with E-state index in [9.17, 15) is 0 Å². The Hall–Kier alpha value is -6.24. The number of fused-ring (bicyclic) bond motifs is 8. The van der Waals surface area contributed by atoms with Crippen molar-refractivity contribution in [1.29, 1.82) is 0 Å². The molecule has 2 aliphatic heterocycles. The molecule has 238 valence electrons. The normalized spacial score (nSPS) is 12.0. The number of aromatic nitrogens is 5. The van der Waals surface area contributed by atoms with Crippen LogP contribution in [0.25, 0.3) is 89.2 Å². The number of pyridine rings is 2. The molecule has 0 amide bonds. The summed E-state index contributed by atoms with van der Waals surface area (Å²) in [4.78, 5) is 14.6. The molecule has 2 aliphatic rings. The predicted octanol–water partition coefficient (Wildman–Crippen LogP) is 9.71. The first-order valence-electron chi connectivity index (χ1n) is 16.7. The fourth-order valence-electron chi connectivity index (χ4n) is 6.97. The van der Waals surface area contributed by atoms with Crippen LogP contribution in [0.4, 0.5) is 0 Å². The van der Waals surface area contributed by atoms with Crippen molar-refractivity contribution < 1.29 is 9.13 Å². The number of nitrogens with zero attached hydrogens (tertiary/aromatic N) is 4. The fraction of sp³-hybridized carbons (Fsp3) is 0.0455. The molecule has 1 N–H and O–H groups in total. The Labute approximate surface area is 294 Å². The van der Waals surface area contributed by atoms with E-state index in [0.29, 0.717) is 0 Å². The van der Waals surface area contributed by atoms with Crippen LogP contribution in [0.2, 0.25) is 0 Å². The molecule has 50 heavy (non-hydrogen) atoms. The first-order valence-corrected chi connectivity index (χ1v) is 17.5. The predicted molar refractivity (Wildman–Crippen MR) is 206 cm³/mol. The molecule has 0 aliphatic carbocycles. The zero-order chi connectivity index (χ0) is 33.6. The van der Waals surface area contributed by atoms with Crippen LogP contribution in [-0.4, -0.2) is 15.0 Å². The van der Waals surface area contributed by atoms with Gasteiger partial charge < -0.3 is 4.98 Å². The van der Waals surface area contributed by atoms with Gasteiger partial charge >= 0.3 is 0 Å². The molecule has 0 atom stereocenters. The van der Waals surface area contributed by atoms with Gasteiger partial charge in [0.25, 0.3) is 0 Å². The lowest BCUT2D eigenvalue weighted by atomic mass is 10.0. The van der Waals surface area contributed by atoms with Gasteiger partial charge in [-0.2, -0.15) is 0 Å². The number of aromatic amines is 1. The third-order valence-corrected chi connectivity index (χ3v) is 10.3. The van der Waals surface area contributed by atoms with E-state index in [2.05, 4.69) is 186 Å². The van der Waals surface area contributed by atoms with Crippen molar-refractivity contribution in [3.63, 3.8) is 0 Å². The third kappa shape index (κ3) is 5.36. The Balaban J connectivity index is 1.49. The summed E-state index contributed by atoms with van der Waals surface area (Å²) in [5.41, 5.74) is 14.4. The smallest absolute Gasteiger partial charge is 0.176 e. The first-order chi connectivity index (χ1) is 24.6. The molecule has 0 radical (unpaired) electrons. The van der Waals surface area contributed by atoms with Crippen LogP contribution in [0.15, 0.2) is 134 Å². The molecule has 0 spiro atoms. The van der Waals surface area contributed by atoms with E-state index in [-0.39, 0.29) is 0 Å². The van der Waals surface area contributed by atoms with Gasteiger partial charge in [0.2, 0.25) is 0 Å². The number of thiophene rings is 1. The molecule has 0 saturated heterocycles. The molecule has 5 nitrogen and oxygen atoms in total. The van der Waals surface area contributed by atoms with Gasteiger partial charge in [-0.1, -0.05) is 60.7 Å². The number of aryl methyl sites for hydroxylation is 2. The molecule has 0 unspecified atom stereocenters. The maximum Gasteiger partial charge on any atom is 0.176 e. The zero-order valence-electron chi connectivity index (χ0n) is 27.7. The Morgan fingerprint density at radius 3 is 1.26 bits per heavy atom. The number of hydrogen-bond donors (Lipinski definition) is 1. The van der Waals surface area contributed by atoms with Crippen molar-refractivity contribution >= 4 is 56.1 Å². The van der Waals surface area contributed by atoms with Crippen molar-refractivity contribution in [3.8, 4) is 44.5 Å². The van der Waals surface area contributed by atoms with Gasteiger partial charge in [0.05, 0.1) is 22.8 Å². The number of hydrogen-bond acceptors (Lipinski definition) is 3. The summed E-state index contributed by atoms with van der Waals surface area (Å²) in [5.74, 6) is 0. The maximum absolute atomic E-state index is 5.40. The van der Waals surface area contributed by atoms with Crippen LogP contribution in [-0.2, 0) is 14.1 Å². The zero-order valence-corrected chi connectivity index (χ0v) is 28.5. The average Bonchev–Trinajstić information content (AvgIpc) is 3.97. The van der Waals surface area contributed by atoms with Crippen LogP contribution in [0.5, 0.6) is 0 Å². The minimum absolute atomic E-state index is 0.912. The Morgan fingerprint density at radius 1 is 0.440 bits per heavy atom. The van der Waals surface area contributed by atoms with Crippen molar-refractivity contribution in [1.82, 2.24) is 15.0 Å². The lowest BCUT2D eigenvalue weighted by Crippen LogP contribution is -2.26. The van der Waals surface area contributed by atoms with E-state index in [1.54, 1.807) is 11.3 Å². The van der Waals surface area contributed by atoms with Gasteiger partial charge in [0.1, 0.15) is 14.1 Å². The van der Waals surface area contributed by atoms with Crippen LogP contribution < -0.4 is 9.13 Å². The summed E-state index contributed by atoms with van der Waals surface area (Å²) in [6, 6.07) is 38.5. The number of nitrogens with one attached hydrogen (secondary N) is 1. The van der Waals surface area contributed by atoms with Crippen LogP contribution in [0, 0.1) is 0 Å². The van der Waals surface area contributed by atoms with E-state index < -0.39 is 0 Å². The van der Waals surface area contributed by atoms with Gasteiger partial charge in [-0.15, -0.1) is 11.3 Å². The van der Waals surface area contributed by atoms with E-state index in [0.717, 1.165) is 87.7 Å². The summed E-state index contributed by atoms with van der Waals surface area (Å²) < 4.78 is 6.48. The highest BCUT2D eigenvalue weighted by Crippen LogP contribution is 2.40. The van der Waals surface area contributed by atoms with Gasteiger partial charge in [0, 0.05) is 65.9 Å². The second-order valence-corrected chi connectivity index (χ2v) is 13.7. The molecular weight excluding hydrogens is 631 g/mol. The van der Waals surface area contributed by atoms with Crippen molar-refractivity contribution in [2.45, 2.75) is 0 Å². The molecule has 9 rings (SSSR count). The second kappa shape index (κ2) is 12.3. The highest BCUT2D eigenvalue weighted by atomic mass is 32.1. The third-order valence-electron chi connectivity index (χ3n) is 9.21. The monoisotopic (exact) mass is 663 g/mol. The number of rotatable bonds is 4. The average molecular weight is 664 g/mol. The SMILES string of the molecule is C[n+]1cccc(-c2c3nc(c(-c4ccccc4)c4ccc(s4)c(-c4ccccc4)c4nc(c(-c5ccc[n+](C)c5)c5ccc2[nH]5)C=C4)C=C3)c1. The summed E-state index contributed by atoms with van der Waals surface area (Å²) in [7, 11) is 4.11. The topological polar surface area (TPSA) is 49.3 Å². The van der Waals surface area contributed by atoms with Gasteiger partial charge in [-0.3, -0.25) is 0 Å². The molecule has 2 aromatic carbocycles. The van der Waals surface area contributed by atoms with E-state index in [1.807, 2.05) is 0 Å². The van der Waals surface area contributed by atoms with E-state index >= 15 is 0 Å². The summed E-state index contributed by atoms with van der Waals surface area (Å²) in [5, 5.41) is 0. The molecule has 7 heterocycles. The molecule has 0 saturated carbocycles. The molecule has 7 aromatic rings. The standard InChI is InChI=1S/C44H33N5S/c1-48-25-9-15-31(27-48)41-33-17-18-34(45-33)42(32-16-10-26-49(2)28-32)36-20-22-38(47-36)44(30-13-7-4-8-14-30)40-24-23-39(50-40)43(29-11-5-3-6-12-29)37-21-19-35(41)46-37/h3-28,45H,1-2H3/q+2. The number of H-pyrrole nitrogens is 1. The van der Waals surface area contributed by atoms with Crippen LogP contribution in [0.3, 0.4) is 0 Å². The summed E-state index contributed by atoms with van der Waals surface area (Å²) >= 11 is 1.78. The Morgan fingerprint density at radius 2 is 0.840 bits per heavy atom. The highest BCUT2D eigenvalue weighted by Gasteiger charge is 2.20. The van der Waals surface area contributed by atoms with Gasteiger partial charge in [-0.05, 0) is 71.8 Å². The second-order valence-electron chi connectivity index (χ2n) is 12.6. The Kier molecular flexibility index (Phi) is 7.37. The Bertz CT molecular complexity index is 2480. The molecule has 5 aromatic heterocycles. The number of benzene rings is 2. The molecule has 8 bridgehead atoms. The van der Waals surface area contributed by atoms with Crippen LogP contribution in [0.1, 0.15) is 22.8 Å². The first kappa shape index (κ1) is 29.9. The minimum Gasteiger partial charge on any atom is -0.354 e. The van der Waals surface area contributed by atoms with Gasteiger partial charge in [-0.25, -0.2) is 19.1 Å². The van der Waals surface area contributed by atoms with Crippen molar-refractivity contribution in [2.75, 3.05) is 0 Å². The minimum atomic E-state index is 0.912. The van der Waals surface area contributed by atoms with E-state index in [1.165, 1.54) is 0 Å². The molecule has 0 fully saturated rings. The lowest BCUT2D eigenvalue weighted by Gasteiger charge is -2.06. The lowest BCUT2D eigenvalue weighted by molar-refractivity contribution is -0.671. The molecular formula is C44H33N5S+2. The highest BCUT2D eigenvalue weighted by molar-refractivity contribution is 7.24.